The van der Waals surface area contributed by atoms with Crippen molar-refractivity contribution in [3.05, 3.63) is 0 Å². The number of nitrogens with zero attached hydrogens (tertiary/aromatic N) is 1. The molecule has 0 spiro atoms. The van der Waals surface area contributed by atoms with E-state index in [1.54, 1.807) is 0 Å². The Bertz CT molecular complexity index is 212. The molecule has 0 N–H and O–H groups in total. The largest absolute Gasteiger partial charge is 0.328 e. The van der Waals surface area contributed by atoms with Gasteiger partial charge < -0.3 is 4.48 Å². The van der Waals surface area contributed by atoms with Crippen LogP contribution in [0.2, 0.25) is 0 Å². The molecule has 25 heavy (non-hydrogen) atoms. The summed E-state index contributed by atoms with van der Waals surface area (Å²) >= 11 is 0. The van der Waals surface area contributed by atoms with Gasteiger partial charge in [-0.05, 0) is 25.7 Å². The van der Waals surface area contributed by atoms with Gasteiger partial charge in [0.1, 0.15) is 0 Å². The second kappa shape index (κ2) is 22.8. The van der Waals surface area contributed by atoms with Crippen LogP contribution in [0.1, 0.15) is 117 Å². The number of hydrogen-bond acceptors (Lipinski definition) is 0. The Morgan fingerprint density at radius 1 is 0.440 bits per heavy atom. The van der Waals surface area contributed by atoms with Crippen molar-refractivity contribution in [2.75, 3.05) is 27.2 Å². The zero-order chi connectivity index (χ0) is 17.2. The Kier molecular flexibility index (Phi) is 27.8. The molecule has 0 fully saturated rings. The Balaban J connectivity index is -0.00000242. The minimum atomic E-state index is 0. The first-order valence-electron chi connectivity index (χ1n) is 10.9. The number of quaternary nitrogens is 1. The van der Waals surface area contributed by atoms with Gasteiger partial charge >= 0.3 is 0 Å². The summed E-state index contributed by atoms with van der Waals surface area (Å²) in [6.45, 7) is 7.36. The van der Waals surface area contributed by atoms with Gasteiger partial charge in [-0.1, -0.05) is 90.9 Å². The predicted octanol–water partition coefficient (Wildman–Crippen LogP) is 7.76. The molecule has 0 aliphatic carbocycles. The fourth-order valence-electron chi connectivity index (χ4n) is 3.46. The molecule has 0 rings (SSSR count). The van der Waals surface area contributed by atoms with Crippen LogP contribution in [-0.4, -0.2) is 31.7 Å². The first kappa shape index (κ1) is 30.5. The Morgan fingerprint density at radius 3 is 0.960 bits per heavy atom. The Labute approximate surface area is 177 Å². The molecule has 0 bridgehead atoms. The monoisotopic (exact) mass is 425 g/mol. The molecule has 0 heterocycles. The van der Waals surface area contributed by atoms with Gasteiger partial charge in [0.05, 0.1) is 27.2 Å². The van der Waals surface area contributed by atoms with Crippen LogP contribution in [-0.2, 0) is 17.1 Å². The second-order valence-corrected chi connectivity index (χ2v) is 8.33. The molecule has 159 valence electrons. The Morgan fingerprint density at radius 2 is 0.680 bits per heavy atom. The van der Waals surface area contributed by atoms with Gasteiger partial charge in [-0.2, -0.15) is 0 Å². The number of rotatable bonds is 18. The van der Waals surface area contributed by atoms with E-state index < -0.39 is 0 Å². The van der Waals surface area contributed by atoms with E-state index in [4.69, 9.17) is 0 Å². The average Bonchev–Trinajstić information content (AvgIpc) is 2.52. The molecule has 1 radical (unpaired) electrons. The zero-order valence-electron chi connectivity index (χ0n) is 17.9. The number of hydrogen-bond donors (Lipinski definition) is 0. The fraction of sp³-hybridized carbons (Fsp3) is 1.00. The fourth-order valence-corrected chi connectivity index (χ4v) is 3.46. The van der Waals surface area contributed by atoms with Gasteiger partial charge in [-0.15, -0.1) is 12.4 Å². The SMILES string of the molecule is CCCCCCCCCC[N+](C)(C)CCCCCCCCCC.Cl.[Cu]. The molecular formula is C22H49ClCuN+. The third-order valence-corrected chi connectivity index (χ3v) is 5.23. The smallest absolute Gasteiger partial charge is 0.0782 e. The zero-order valence-corrected chi connectivity index (χ0v) is 19.6. The molecule has 3 heteroatoms. The van der Waals surface area contributed by atoms with E-state index in [2.05, 4.69) is 27.9 Å². The van der Waals surface area contributed by atoms with Crippen molar-refractivity contribution < 1.29 is 21.6 Å². The van der Waals surface area contributed by atoms with E-state index in [-0.39, 0.29) is 29.5 Å². The molecule has 0 amide bonds. The van der Waals surface area contributed by atoms with E-state index in [1.807, 2.05) is 0 Å². The minimum absolute atomic E-state index is 0. The van der Waals surface area contributed by atoms with E-state index in [9.17, 15) is 0 Å². The summed E-state index contributed by atoms with van der Waals surface area (Å²) in [6, 6.07) is 0. The molecule has 0 atom stereocenters. The van der Waals surface area contributed by atoms with Crippen LogP contribution < -0.4 is 0 Å². The van der Waals surface area contributed by atoms with Crippen molar-refractivity contribution in [3.8, 4) is 0 Å². The van der Waals surface area contributed by atoms with Crippen LogP contribution in [0.4, 0.5) is 0 Å². The molecule has 1 nitrogen and oxygen atoms in total. The van der Waals surface area contributed by atoms with Gasteiger partial charge in [-0.25, -0.2) is 0 Å². The first-order chi connectivity index (χ1) is 11.1. The molecule has 0 unspecified atom stereocenters. The van der Waals surface area contributed by atoms with Gasteiger partial charge in [0.15, 0.2) is 0 Å². The number of unbranched alkanes of at least 4 members (excludes halogenated alkanes) is 14. The average molecular weight is 427 g/mol. The van der Waals surface area contributed by atoms with E-state index in [0.717, 1.165) is 0 Å². The van der Waals surface area contributed by atoms with Crippen molar-refractivity contribution in [1.29, 1.82) is 0 Å². The molecule has 0 saturated heterocycles. The molecule has 0 aromatic carbocycles. The van der Waals surface area contributed by atoms with Crippen LogP contribution in [0, 0.1) is 0 Å². The van der Waals surface area contributed by atoms with Crippen LogP contribution >= 0.6 is 12.4 Å². The van der Waals surface area contributed by atoms with Gasteiger partial charge in [0, 0.05) is 17.1 Å². The van der Waals surface area contributed by atoms with Crippen molar-refractivity contribution in [2.45, 2.75) is 117 Å². The summed E-state index contributed by atoms with van der Waals surface area (Å²) in [5, 5.41) is 0. The van der Waals surface area contributed by atoms with Crippen molar-refractivity contribution >= 4 is 12.4 Å². The van der Waals surface area contributed by atoms with Crippen molar-refractivity contribution in [1.82, 2.24) is 0 Å². The third-order valence-electron chi connectivity index (χ3n) is 5.23. The minimum Gasteiger partial charge on any atom is -0.328 e. The van der Waals surface area contributed by atoms with Gasteiger partial charge in [0.2, 0.25) is 0 Å². The molecule has 0 aliphatic rings. The molecule has 0 aromatic heterocycles. The summed E-state index contributed by atoms with van der Waals surface area (Å²) in [5.74, 6) is 0. The van der Waals surface area contributed by atoms with E-state index in [0.29, 0.717) is 0 Å². The summed E-state index contributed by atoms with van der Waals surface area (Å²) < 4.78 is 1.24. The standard InChI is InChI=1S/C22H48N.ClH.Cu/c1-5-7-9-11-13-15-17-19-21-23(3,4)22-20-18-16-14-12-10-8-6-2;;/h5-22H2,1-4H3;1H;/q+1;;. The van der Waals surface area contributed by atoms with Crippen LogP contribution in [0.5, 0.6) is 0 Å². The van der Waals surface area contributed by atoms with E-state index in [1.165, 1.54) is 120 Å². The predicted molar refractivity (Wildman–Crippen MR) is 114 cm³/mol. The molecule has 0 aromatic rings. The van der Waals surface area contributed by atoms with Crippen molar-refractivity contribution in [3.63, 3.8) is 0 Å². The van der Waals surface area contributed by atoms with Crippen LogP contribution in [0.25, 0.3) is 0 Å². The topological polar surface area (TPSA) is 0 Å². The summed E-state index contributed by atoms with van der Waals surface area (Å²) in [7, 11) is 4.87. The normalized spacial score (nSPS) is 11.0. The molecular weight excluding hydrogens is 377 g/mol. The maximum Gasteiger partial charge on any atom is 0.0782 e. The first-order valence-corrected chi connectivity index (χ1v) is 10.9. The third kappa shape index (κ3) is 24.8. The van der Waals surface area contributed by atoms with Gasteiger partial charge in [-0.3, -0.25) is 0 Å². The maximum absolute atomic E-state index is 2.43. The molecule has 0 saturated carbocycles. The quantitative estimate of drug-likeness (QED) is 0.119. The Hall–Kier alpha value is 0.769. The maximum atomic E-state index is 2.43. The number of halogens is 1. The molecule has 0 aliphatic heterocycles. The van der Waals surface area contributed by atoms with Gasteiger partial charge in [0.25, 0.3) is 0 Å². The summed E-state index contributed by atoms with van der Waals surface area (Å²) in [4.78, 5) is 0. The van der Waals surface area contributed by atoms with E-state index >= 15 is 0 Å². The summed E-state index contributed by atoms with van der Waals surface area (Å²) in [6.07, 6.45) is 23.0. The summed E-state index contributed by atoms with van der Waals surface area (Å²) in [5.41, 5.74) is 0. The second-order valence-electron chi connectivity index (χ2n) is 8.33. The van der Waals surface area contributed by atoms with Crippen molar-refractivity contribution in [2.24, 2.45) is 0 Å². The van der Waals surface area contributed by atoms with Crippen LogP contribution in [0.15, 0.2) is 0 Å². The van der Waals surface area contributed by atoms with Crippen LogP contribution in [0.3, 0.4) is 0 Å².